The average molecular weight is 268 g/mol. The largest absolute Gasteiger partial charge is 0.490 e. The van der Waals surface area contributed by atoms with Crippen LogP contribution in [0.3, 0.4) is 0 Å². The summed E-state index contributed by atoms with van der Waals surface area (Å²) < 4.78 is 48.5. The Morgan fingerprint density at radius 3 is 1.83 bits per heavy atom. The van der Waals surface area contributed by atoms with Crippen molar-refractivity contribution in [1.29, 1.82) is 0 Å². The van der Waals surface area contributed by atoms with Crippen LogP contribution in [0, 0.1) is 5.82 Å². The Hall–Kier alpha value is -2.12. The molecule has 4 nitrogen and oxygen atoms in total. The maximum atomic E-state index is 12.3. The summed E-state index contributed by atoms with van der Waals surface area (Å²) in [6.45, 7) is 0. The molecule has 0 unspecified atom stereocenters. The second kappa shape index (κ2) is 6.58. The number of ether oxygens (including phenoxy) is 1. The SMILES string of the molecule is COC(=O)c1ccc(F)cc1.O=C(O)C(F)(F)F. The summed E-state index contributed by atoms with van der Waals surface area (Å²) in [7, 11) is 1.28. The number of benzene rings is 1. The number of carbonyl (C=O) groups is 2. The zero-order valence-corrected chi connectivity index (χ0v) is 8.99. The maximum absolute atomic E-state index is 12.3. The molecule has 0 spiro atoms. The van der Waals surface area contributed by atoms with Crippen LogP contribution in [0.4, 0.5) is 17.6 Å². The van der Waals surface area contributed by atoms with Gasteiger partial charge >= 0.3 is 18.1 Å². The minimum absolute atomic E-state index is 0.355. The highest BCUT2D eigenvalue weighted by Crippen LogP contribution is 2.13. The molecule has 1 N–H and O–H groups in total. The van der Waals surface area contributed by atoms with Gasteiger partial charge in [0, 0.05) is 0 Å². The summed E-state index contributed by atoms with van der Waals surface area (Å²) in [5, 5.41) is 7.12. The number of hydrogen-bond donors (Lipinski definition) is 1. The molecule has 18 heavy (non-hydrogen) atoms. The average Bonchev–Trinajstić information content (AvgIpc) is 2.28. The smallest absolute Gasteiger partial charge is 0.475 e. The van der Waals surface area contributed by atoms with E-state index >= 15 is 0 Å². The van der Waals surface area contributed by atoms with Crippen LogP contribution in [-0.2, 0) is 9.53 Å². The molecule has 1 rings (SSSR count). The molecule has 0 fully saturated rings. The minimum atomic E-state index is -5.08. The molecule has 0 heterocycles. The van der Waals surface area contributed by atoms with Crippen LogP contribution in [0.1, 0.15) is 10.4 Å². The number of aliphatic carboxylic acids is 1. The third-order valence-corrected chi connectivity index (χ3v) is 1.51. The van der Waals surface area contributed by atoms with Crippen molar-refractivity contribution in [2.45, 2.75) is 6.18 Å². The summed E-state index contributed by atoms with van der Waals surface area (Å²) in [6.07, 6.45) is -5.08. The normalized spacial score (nSPS) is 10.1. The fourth-order valence-electron chi connectivity index (χ4n) is 0.704. The predicted octanol–water partition coefficient (Wildman–Crippen LogP) is 2.25. The Balaban J connectivity index is 0.000000360. The number of hydrogen-bond acceptors (Lipinski definition) is 3. The van der Waals surface area contributed by atoms with Crippen molar-refractivity contribution >= 4 is 11.9 Å². The quantitative estimate of drug-likeness (QED) is 0.626. The topological polar surface area (TPSA) is 63.6 Å². The third kappa shape index (κ3) is 5.83. The number of carboxylic acid groups (broad SMARTS) is 1. The van der Waals surface area contributed by atoms with Crippen molar-refractivity contribution in [3.8, 4) is 0 Å². The second-order valence-electron chi connectivity index (χ2n) is 2.80. The Kier molecular flexibility index (Phi) is 5.80. The van der Waals surface area contributed by atoms with E-state index in [0.29, 0.717) is 5.56 Å². The first kappa shape index (κ1) is 15.9. The van der Waals surface area contributed by atoms with Gasteiger partial charge in [0.25, 0.3) is 0 Å². The number of esters is 1. The zero-order valence-electron chi connectivity index (χ0n) is 8.99. The molecular formula is C10H8F4O4. The van der Waals surface area contributed by atoms with Crippen LogP contribution < -0.4 is 0 Å². The van der Waals surface area contributed by atoms with E-state index in [9.17, 15) is 22.4 Å². The molecule has 0 aliphatic rings. The Bertz CT molecular complexity index is 411. The van der Waals surface area contributed by atoms with Gasteiger partial charge in [0.1, 0.15) is 5.82 Å². The summed E-state index contributed by atoms with van der Waals surface area (Å²) >= 11 is 0. The lowest BCUT2D eigenvalue weighted by Crippen LogP contribution is -2.21. The van der Waals surface area contributed by atoms with E-state index in [-0.39, 0.29) is 5.82 Å². The number of alkyl halides is 3. The van der Waals surface area contributed by atoms with Gasteiger partial charge in [-0.3, -0.25) is 0 Å². The van der Waals surface area contributed by atoms with Gasteiger partial charge in [-0.2, -0.15) is 13.2 Å². The van der Waals surface area contributed by atoms with Crippen molar-refractivity contribution in [2.24, 2.45) is 0 Å². The van der Waals surface area contributed by atoms with Gasteiger partial charge in [0.05, 0.1) is 12.7 Å². The van der Waals surface area contributed by atoms with Crippen LogP contribution in [0.15, 0.2) is 24.3 Å². The highest BCUT2D eigenvalue weighted by Gasteiger charge is 2.38. The van der Waals surface area contributed by atoms with E-state index < -0.39 is 18.1 Å². The number of halogens is 4. The maximum Gasteiger partial charge on any atom is 0.490 e. The summed E-state index contributed by atoms with van der Waals surface area (Å²) in [5.74, 6) is -3.57. The van der Waals surface area contributed by atoms with Gasteiger partial charge in [-0.15, -0.1) is 0 Å². The van der Waals surface area contributed by atoms with E-state index in [1.807, 2.05) is 0 Å². The van der Waals surface area contributed by atoms with Gasteiger partial charge in [-0.25, -0.2) is 14.0 Å². The fraction of sp³-hybridized carbons (Fsp3) is 0.200. The molecule has 1 aromatic carbocycles. The molecule has 0 aromatic heterocycles. The molecule has 0 radical (unpaired) electrons. The van der Waals surface area contributed by atoms with Gasteiger partial charge in [0.2, 0.25) is 0 Å². The zero-order chi connectivity index (χ0) is 14.3. The van der Waals surface area contributed by atoms with E-state index in [2.05, 4.69) is 4.74 Å². The van der Waals surface area contributed by atoms with Gasteiger partial charge in [-0.1, -0.05) is 0 Å². The van der Waals surface area contributed by atoms with Crippen LogP contribution in [0.2, 0.25) is 0 Å². The van der Waals surface area contributed by atoms with Crippen LogP contribution in [0.5, 0.6) is 0 Å². The molecule has 8 heteroatoms. The number of rotatable bonds is 1. The molecule has 0 aliphatic carbocycles. The summed E-state index contributed by atoms with van der Waals surface area (Å²) in [4.78, 5) is 19.7. The molecule has 0 aliphatic heterocycles. The Morgan fingerprint density at radius 2 is 1.56 bits per heavy atom. The van der Waals surface area contributed by atoms with Crippen molar-refractivity contribution in [3.05, 3.63) is 35.6 Å². The first-order valence-corrected chi connectivity index (χ1v) is 4.32. The van der Waals surface area contributed by atoms with Crippen molar-refractivity contribution in [1.82, 2.24) is 0 Å². The van der Waals surface area contributed by atoms with Crippen LogP contribution in [-0.4, -0.2) is 30.3 Å². The summed E-state index contributed by atoms with van der Waals surface area (Å²) in [5.41, 5.74) is 0.355. The highest BCUT2D eigenvalue weighted by atomic mass is 19.4. The lowest BCUT2D eigenvalue weighted by Gasteiger charge is -1.96. The predicted molar refractivity (Wildman–Crippen MR) is 51.4 cm³/mol. The molecule has 1 aromatic rings. The second-order valence-corrected chi connectivity index (χ2v) is 2.80. The Morgan fingerprint density at radius 1 is 1.17 bits per heavy atom. The van der Waals surface area contributed by atoms with Gasteiger partial charge in [0.15, 0.2) is 0 Å². The first-order valence-electron chi connectivity index (χ1n) is 4.32. The summed E-state index contributed by atoms with van der Waals surface area (Å²) in [6, 6.07) is 5.18. The number of carbonyl (C=O) groups excluding carboxylic acids is 1. The lowest BCUT2D eigenvalue weighted by molar-refractivity contribution is -0.192. The van der Waals surface area contributed by atoms with E-state index in [4.69, 9.17) is 9.90 Å². The molecule has 100 valence electrons. The monoisotopic (exact) mass is 268 g/mol. The van der Waals surface area contributed by atoms with Gasteiger partial charge < -0.3 is 9.84 Å². The van der Waals surface area contributed by atoms with Crippen LogP contribution >= 0.6 is 0 Å². The number of methoxy groups -OCH3 is 1. The first-order chi connectivity index (χ1) is 8.18. The Labute approximate surface area is 98.8 Å². The number of carboxylic acids is 1. The standard InChI is InChI=1S/C8H7FO2.C2HF3O2/c1-11-8(10)6-2-4-7(9)5-3-6;3-2(4,5)1(6)7/h2-5H,1H3;(H,6,7). The molecule has 0 saturated carbocycles. The van der Waals surface area contributed by atoms with E-state index in [1.165, 1.54) is 31.4 Å². The third-order valence-electron chi connectivity index (χ3n) is 1.51. The minimum Gasteiger partial charge on any atom is -0.475 e. The molecule has 0 saturated heterocycles. The van der Waals surface area contributed by atoms with E-state index in [1.54, 1.807) is 0 Å². The lowest BCUT2D eigenvalue weighted by atomic mass is 10.2. The molecule has 0 atom stereocenters. The van der Waals surface area contributed by atoms with E-state index in [0.717, 1.165) is 0 Å². The van der Waals surface area contributed by atoms with Crippen LogP contribution in [0.25, 0.3) is 0 Å². The highest BCUT2D eigenvalue weighted by molar-refractivity contribution is 5.89. The molecular weight excluding hydrogens is 260 g/mol. The van der Waals surface area contributed by atoms with Crippen molar-refractivity contribution in [2.75, 3.05) is 7.11 Å². The molecule has 0 amide bonds. The molecule has 0 bridgehead atoms. The van der Waals surface area contributed by atoms with Crippen molar-refractivity contribution in [3.63, 3.8) is 0 Å². The van der Waals surface area contributed by atoms with Gasteiger partial charge in [-0.05, 0) is 24.3 Å². The van der Waals surface area contributed by atoms with Crippen molar-refractivity contribution < 1.29 is 37.0 Å². The fourth-order valence-corrected chi connectivity index (χ4v) is 0.704.